The van der Waals surface area contributed by atoms with Crippen molar-refractivity contribution in [2.45, 2.75) is 24.9 Å². The Labute approximate surface area is 93.1 Å². The predicted molar refractivity (Wildman–Crippen MR) is 60.3 cm³/mol. The van der Waals surface area contributed by atoms with Crippen LogP contribution in [0.1, 0.15) is 19.3 Å². The van der Waals surface area contributed by atoms with Crippen LogP contribution in [0.5, 0.6) is 0 Å². The summed E-state index contributed by atoms with van der Waals surface area (Å²) >= 11 is 0. The van der Waals surface area contributed by atoms with Crippen LogP contribution < -0.4 is 5.32 Å². The number of anilines is 1. The number of hydrogen-bond donors (Lipinski definition) is 2. The monoisotopic (exact) mass is 218 g/mol. The molecule has 1 fully saturated rings. The molecule has 84 valence electrons. The Kier molecular flexibility index (Phi) is 2.07. The van der Waals surface area contributed by atoms with E-state index in [1.54, 1.807) is 4.52 Å². The van der Waals surface area contributed by atoms with Crippen molar-refractivity contribution in [1.29, 1.82) is 0 Å². The smallest absolute Gasteiger partial charge is 0.243 e. The Balaban J connectivity index is 1.74. The lowest BCUT2D eigenvalue weighted by molar-refractivity contribution is -0.0203. The number of aliphatic hydroxyl groups is 1. The van der Waals surface area contributed by atoms with Gasteiger partial charge in [0.15, 0.2) is 5.65 Å². The fourth-order valence-corrected chi connectivity index (χ4v) is 1.91. The summed E-state index contributed by atoms with van der Waals surface area (Å²) in [5.74, 6) is 0.575. The van der Waals surface area contributed by atoms with Gasteiger partial charge in [-0.25, -0.2) is 4.52 Å². The molecule has 0 unspecified atom stereocenters. The van der Waals surface area contributed by atoms with E-state index in [-0.39, 0.29) is 0 Å². The van der Waals surface area contributed by atoms with Crippen molar-refractivity contribution in [3.05, 3.63) is 24.4 Å². The van der Waals surface area contributed by atoms with Crippen LogP contribution in [0, 0.1) is 0 Å². The lowest BCUT2D eigenvalue weighted by Crippen LogP contribution is -2.43. The molecule has 1 aliphatic rings. The molecule has 16 heavy (non-hydrogen) atoms. The van der Waals surface area contributed by atoms with Crippen molar-refractivity contribution in [2.75, 3.05) is 11.9 Å². The summed E-state index contributed by atoms with van der Waals surface area (Å²) in [5, 5.41) is 17.3. The van der Waals surface area contributed by atoms with Crippen LogP contribution in [0.3, 0.4) is 0 Å². The first kappa shape index (κ1) is 9.59. The lowest BCUT2D eigenvalue weighted by Gasteiger charge is -2.36. The summed E-state index contributed by atoms with van der Waals surface area (Å²) in [6, 6.07) is 5.73. The number of pyridine rings is 1. The zero-order valence-electron chi connectivity index (χ0n) is 8.93. The Morgan fingerprint density at radius 1 is 1.44 bits per heavy atom. The molecule has 0 bridgehead atoms. The summed E-state index contributed by atoms with van der Waals surface area (Å²) in [7, 11) is 0. The van der Waals surface area contributed by atoms with Gasteiger partial charge < -0.3 is 10.4 Å². The summed E-state index contributed by atoms with van der Waals surface area (Å²) in [6.45, 7) is 0.532. The number of rotatable bonds is 3. The van der Waals surface area contributed by atoms with Crippen LogP contribution in [0.2, 0.25) is 0 Å². The fourth-order valence-electron chi connectivity index (χ4n) is 1.91. The van der Waals surface area contributed by atoms with Crippen molar-refractivity contribution in [3.8, 4) is 0 Å². The molecule has 0 aromatic carbocycles. The van der Waals surface area contributed by atoms with Crippen molar-refractivity contribution in [3.63, 3.8) is 0 Å². The zero-order chi connectivity index (χ0) is 11.0. The molecule has 2 heterocycles. The number of fused-ring (bicyclic) bond motifs is 1. The van der Waals surface area contributed by atoms with Gasteiger partial charge in [-0.1, -0.05) is 6.07 Å². The minimum Gasteiger partial charge on any atom is -0.388 e. The van der Waals surface area contributed by atoms with Gasteiger partial charge in [-0.3, -0.25) is 0 Å². The third-order valence-corrected chi connectivity index (χ3v) is 3.10. The molecule has 0 atom stereocenters. The summed E-state index contributed by atoms with van der Waals surface area (Å²) in [5.41, 5.74) is 0.267. The maximum Gasteiger partial charge on any atom is 0.243 e. The summed E-state index contributed by atoms with van der Waals surface area (Å²) < 4.78 is 1.72. The largest absolute Gasteiger partial charge is 0.388 e. The molecule has 0 amide bonds. The van der Waals surface area contributed by atoms with Crippen LogP contribution in [0.15, 0.2) is 24.4 Å². The zero-order valence-corrected chi connectivity index (χ0v) is 8.93. The summed E-state index contributed by atoms with van der Waals surface area (Å²) in [6.07, 6.45) is 4.70. The van der Waals surface area contributed by atoms with E-state index in [9.17, 15) is 5.11 Å². The Hall–Kier alpha value is -1.62. The molecule has 0 saturated heterocycles. The highest BCUT2D eigenvalue weighted by atomic mass is 16.3. The van der Waals surface area contributed by atoms with Gasteiger partial charge in [-0.2, -0.15) is 4.98 Å². The van der Waals surface area contributed by atoms with Crippen molar-refractivity contribution in [1.82, 2.24) is 14.6 Å². The molecule has 2 aromatic heterocycles. The number of hydrogen-bond acceptors (Lipinski definition) is 4. The van der Waals surface area contributed by atoms with E-state index < -0.39 is 5.60 Å². The van der Waals surface area contributed by atoms with Gasteiger partial charge in [0.25, 0.3) is 0 Å². The third-order valence-electron chi connectivity index (χ3n) is 3.10. The molecule has 1 saturated carbocycles. The van der Waals surface area contributed by atoms with Gasteiger partial charge in [0.05, 0.1) is 5.60 Å². The van der Waals surface area contributed by atoms with Gasteiger partial charge in [0, 0.05) is 12.7 Å². The molecule has 0 aliphatic heterocycles. The quantitative estimate of drug-likeness (QED) is 0.808. The maximum atomic E-state index is 9.92. The van der Waals surface area contributed by atoms with Gasteiger partial charge in [-0.15, -0.1) is 5.10 Å². The number of nitrogens with zero attached hydrogens (tertiary/aromatic N) is 3. The van der Waals surface area contributed by atoms with E-state index in [0.29, 0.717) is 12.5 Å². The minimum atomic E-state index is -0.544. The first-order valence-corrected chi connectivity index (χ1v) is 5.53. The van der Waals surface area contributed by atoms with Crippen molar-refractivity contribution in [2.24, 2.45) is 0 Å². The molecule has 0 spiro atoms. The average Bonchev–Trinajstić information content (AvgIpc) is 2.66. The first-order valence-electron chi connectivity index (χ1n) is 5.53. The second-order valence-electron chi connectivity index (χ2n) is 4.37. The summed E-state index contributed by atoms with van der Waals surface area (Å²) in [4.78, 5) is 4.30. The maximum absolute atomic E-state index is 9.92. The lowest BCUT2D eigenvalue weighted by atomic mass is 9.80. The highest BCUT2D eigenvalue weighted by Gasteiger charge is 2.34. The van der Waals surface area contributed by atoms with Crippen LogP contribution in [-0.2, 0) is 0 Å². The van der Waals surface area contributed by atoms with E-state index in [4.69, 9.17) is 0 Å². The highest BCUT2D eigenvalue weighted by molar-refractivity contribution is 5.42. The Morgan fingerprint density at radius 3 is 3.00 bits per heavy atom. The molecule has 5 nitrogen and oxygen atoms in total. The molecular weight excluding hydrogens is 204 g/mol. The van der Waals surface area contributed by atoms with E-state index in [0.717, 1.165) is 24.9 Å². The molecule has 2 N–H and O–H groups in total. The van der Waals surface area contributed by atoms with E-state index >= 15 is 0 Å². The third kappa shape index (κ3) is 1.63. The molecular formula is C11H14N4O. The number of aromatic nitrogens is 3. The fraction of sp³-hybridized carbons (Fsp3) is 0.455. The second-order valence-corrected chi connectivity index (χ2v) is 4.37. The molecule has 1 aliphatic carbocycles. The average molecular weight is 218 g/mol. The van der Waals surface area contributed by atoms with Crippen LogP contribution in [0.25, 0.3) is 5.65 Å². The Morgan fingerprint density at radius 2 is 2.31 bits per heavy atom. The first-order chi connectivity index (χ1) is 7.75. The SMILES string of the molecule is OC1(CNc2nc3ccccn3n2)CCC1. The molecule has 5 heteroatoms. The van der Waals surface area contributed by atoms with Gasteiger partial charge >= 0.3 is 0 Å². The van der Waals surface area contributed by atoms with Gasteiger partial charge in [0.1, 0.15) is 0 Å². The van der Waals surface area contributed by atoms with E-state index in [2.05, 4.69) is 15.4 Å². The van der Waals surface area contributed by atoms with Gasteiger partial charge in [-0.05, 0) is 31.4 Å². The van der Waals surface area contributed by atoms with Crippen LogP contribution >= 0.6 is 0 Å². The van der Waals surface area contributed by atoms with Crippen LogP contribution in [-0.4, -0.2) is 31.9 Å². The normalized spacial score (nSPS) is 18.3. The number of nitrogens with one attached hydrogen (secondary N) is 1. The van der Waals surface area contributed by atoms with Gasteiger partial charge in [0.2, 0.25) is 5.95 Å². The minimum absolute atomic E-state index is 0.532. The highest BCUT2D eigenvalue weighted by Crippen LogP contribution is 2.31. The topological polar surface area (TPSA) is 62.5 Å². The van der Waals surface area contributed by atoms with Crippen molar-refractivity contribution < 1.29 is 5.11 Å². The Bertz CT molecular complexity index is 470. The van der Waals surface area contributed by atoms with E-state index in [1.807, 2.05) is 24.4 Å². The standard InChI is InChI=1S/C11H14N4O/c16-11(5-3-6-11)8-12-10-13-9-4-1-2-7-15(9)14-10/h1-2,4,7,16H,3,5-6,8H2,(H,12,14). The molecule has 0 radical (unpaired) electrons. The predicted octanol–water partition coefficient (Wildman–Crippen LogP) is 1.06. The second kappa shape index (κ2) is 3.45. The van der Waals surface area contributed by atoms with Crippen LogP contribution in [0.4, 0.5) is 5.95 Å². The van der Waals surface area contributed by atoms with Crippen molar-refractivity contribution >= 4 is 11.6 Å². The van der Waals surface area contributed by atoms with E-state index in [1.165, 1.54) is 0 Å². The molecule has 3 rings (SSSR count). The molecule has 2 aromatic rings.